The minimum atomic E-state index is 0.00158. The van der Waals surface area contributed by atoms with Gasteiger partial charge in [-0.25, -0.2) is 0 Å². The van der Waals surface area contributed by atoms with Gasteiger partial charge in [0.2, 0.25) is 0 Å². The van der Waals surface area contributed by atoms with Gasteiger partial charge < -0.3 is 10.5 Å². The molecule has 0 aliphatic carbocycles. The van der Waals surface area contributed by atoms with Crippen LogP contribution in [-0.4, -0.2) is 27.0 Å². The van der Waals surface area contributed by atoms with Crippen LogP contribution in [0.15, 0.2) is 30.3 Å². The molecule has 0 fully saturated rings. The molecule has 0 saturated carbocycles. The number of rotatable bonds is 5. The molecule has 0 saturated heterocycles. The van der Waals surface area contributed by atoms with Gasteiger partial charge in [-0.05, 0) is 25.1 Å². The highest BCUT2D eigenvalue weighted by Crippen LogP contribution is 1.97. The van der Waals surface area contributed by atoms with Crippen molar-refractivity contribution in [3.63, 3.8) is 0 Å². The third-order valence-electron chi connectivity index (χ3n) is 1.93. The van der Waals surface area contributed by atoms with Gasteiger partial charge in [-0.15, -0.1) is 0 Å². The maximum atomic E-state index is 11.5. The van der Waals surface area contributed by atoms with Crippen molar-refractivity contribution >= 4 is 13.9 Å². The van der Waals surface area contributed by atoms with Crippen molar-refractivity contribution < 1.29 is 4.79 Å². The quantitative estimate of drug-likeness (QED) is 0.504. The normalized spacial score (nSPS) is 9.71. The van der Waals surface area contributed by atoms with Gasteiger partial charge >= 0.3 is 0 Å². The minimum Gasteiger partial charge on any atom is -0.362 e. The van der Waals surface area contributed by atoms with E-state index >= 15 is 0 Å². The van der Waals surface area contributed by atoms with E-state index in [0.717, 1.165) is 18.5 Å². The maximum Gasteiger partial charge on any atom is 0.251 e. The Bertz CT molecular complexity index is 277. The topological polar surface area (TPSA) is 41.1 Å². The molecule has 0 aliphatic rings. The van der Waals surface area contributed by atoms with Crippen molar-refractivity contribution in [1.29, 1.82) is 0 Å². The fourth-order valence-electron chi connectivity index (χ4n) is 1.16. The van der Waals surface area contributed by atoms with Crippen LogP contribution in [0.25, 0.3) is 0 Å². The largest absolute Gasteiger partial charge is 0.362 e. The van der Waals surface area contributed by atoms with E-state index < -0.39 is 0 Å². The van der Waals surface area contributed by atoms with Crippen molar-refractivity contribution in [3.8, 4) is 0 Å². The van der Waals surface area contributed by atoms with Gasteiger partial charge in [-0.2, -0.15) is 0 Å². The molecule has 0 aromatic heterocycles. The molecule has 0 unspecified atom stereocenters. The van der Waals surface area contributed by atoms with Crippen LogP contribution in [0, 0.1) is 0 Å². The average molecular weight is 190 g/mol. The van der Waals surface area contributed by atoms with E-state index in [-0.39, 0.29) is 5.91 Å². The Hall–Kier alpha value is -1.29. The summed E-state index contributed by atoms with van der Waals surface area (Å²) < 4.78 is 0. The molecule has 1 aromatic rings. The first kappa shape index (κ1) is 10.8. The zero-order valence-corrected chi connectivity index (χ0v) is 8.42. The highest BCUT2D eigenvalue weighted by Gasteiger charge is 2.01. The van der Waals surface area contributed by atoms with E-state index in [1.807, 2.05) is 38.3 Å². The van der Waals surface area contributed by atoms with Crippen LogP contribution in [0.4, 0.5) is 0 Å². The predicted molar refractivity (Wildman–Crippen MR) is 59.9 cm³/mol. The number of amides is 1. The fourth-order valence-corrected chi connectivity index (χ4v) is 1.16. The standard InChI is InChI=1S/C10H15BN2O/c11-13-8-4-7-12-10(14)9-5-2-1-3-6-9/h1-3,5-6,13H,4,7-8,11H2,(H,12,14). The monoisotopic (exact) mass is 190 g/mol. The average Bonchev–Trinajstić information content (AvgIpc) is 2.25. The number of carbonyl (C=O) groups is 1. The number of hydrogen-bond acceptors (Lipinski definition) is 2. The lowest BCUT2D eigenvalue weighted by molar-refractivity contribution is 0.0953. The lowest BCUT2D eigenvalue weighted by Gasteiger charge is -2.04. The van der Waals surface area contributed by atoms with E-state index in [9.17, 15) is 4.79 Å². The lowest BCUT2D eigenvalue weighted by Crippen LogP contribution is -2.26. The molecule has 0 radical (unpaired) electrons. The van der Waals surface area contributed by atoms with E-state index in [4.69, 9.17) is 0 Å². The van der Waals surface area contributed by atoms with Gasteiger partial charge in [0.15, 0.2) is 7.98 Å². The molecule has 3 nitrogen and oxygen atoms in total. The molecule has 2 N–H and O–H groups in total. The molecule has 0 bridgehead atoms. The maximum absolute atomic E-state index is 11.5. The second-order valence-corrected chi connectivity index (χ2v) is 3.08. The van der Waals surface area contributed by atoms with Crippen molar-refractivity contribution in [2.24, 2.45) is 0 Å². The van der Waals surface area contributed by atoms with Gasteiger partial charge in [-0.3, -0.25) is 4.79 Å². The third kappa shape index (κ3) is 3.62. The van der Waals surface area contributed by atoms with Crippen LogP contribution in [-0.2, 0) is 0 Å². The Balaban J connectivity index is 2.29. The summed E-state index contributed by atoms with van der Waals surface area (Å²) >= 11 is 0. The molecule has 0 aliphatic heterocycles. The fraction of sp³-hybridized carbons (Fsp3) is 0.300. The summed E-state index contributed by atoms with van der Waals surface area (Å²) in [5.74, 6) is 0.00158. The Labute approximate surface area is 85.3 Å². The van der Waals surface area contributed by atoms with Gasteiger partial charge in [0.25, 0.3) is 5.91 Å². The summed E-state index contributed by atoms with van der Waals surface area (Å²) in [5, 5.41) is 5.88. The predicted octanol–water partition coefficient (Wildman–Crippen LogP) is -0.0558. The lowest BCUT2D eigenvalue weighted by atomic mass is 10.2. The Morgan fingerprint density at radius 2 is 1.93 bits per heavy atom. The van der Waals surface area contributed by atoms with Gasteiger partial charge in [0, 0.05) is 12.1 Å². The molecule has 0 atom stereocenters. The molecule has 4 heteroatoms. The summed E-state index contributed by atoms with van der Waals surface area (Å²) in [6.45, 7) is 1.64. The SMILES string of the molecule is BNCCCNC(=O)c1ccccc1. The van der Waals surface area contributed by atoms with Crippen LogP contribution in [0.1, 0.15) is 16.8 Å². The van der Waals surface area contributed by atoms with E-state index in [1.165, 1.54) is 0 Å². The van der Waals surface area contributed by atoms with Crippen molar-refractivity contribution in [2.45, 2.75) is 6.42 Å². The van der Waals surface area contributed by atoms with Gasteiger partial charge in [0.1, 0.15) is 0 Å². The van der Waals surface area contributed by atoms with E-state index in [2.05, 4.69) is 10.5 Å². The van der Waals surface area contributed by atoms with Crippen molar-refractivity contribution in [2.75, 3.05) is 13.1 Å². The first-order valence-corrected chi connectivity index (χ1v) is 4.82. The van der Waals surface area contributed by atoms with Crippen LogP contribution in [0.5, 0.6) is 0 Å². The molecule has 0 spiro atoms. The Morgan fingerprint density at radius 3 is 2.57 bits per heavy atom. The van der Waals surface area contributed by atoms with Crippen molar-refractivity contribution in [1.82, 2.24) is 10.5 Å². The Morgan fingerprint density at radius 1 is 1.21 bits per heavy atom. The third-order valence-corrected chi connectivity index (χ3v) is 1.93. The molecular weight excluding hydrogens is 175 g/mol. The zero-order valence-electron chi connectivity index (χ0n) is 8.42. The Kier molecular flexibility index (Phi) is 4.79. The smallest absolute Gasteiger partial charge is 0.251 e. The van der Waals surface area contributed by atoms with Crippen molar-refractivity contribution in [3.05, 3.63) is 35.9 Å². The summed E-state index contributed by atoms with van der Waals surface area (Å²) in [5.41, 5.74) is 0.719. The van der Waals surface area contributed by atoms with Crippen LogP contribution >= 0.6 is 0 Å². The minimum absolute atomic E-state index is 0.00158. The highest BCUT2D eigenvalue weighted by molar-refractivity contribution is 6.04. The second kappa shape index (κ2) is 6.21. The number of benzene rings is 1. The van der Waals surface area contributed by atoms with E-state index in [0.29, 0.717) is 6.54 Å². The van der Waals surface area contributed by atoms with Gasteiger partial charge in [-0.1, -0.05) is 18.2 Å². The van der Waals surface area contributed by atoms with E-state index in [1.54, 1.807) is 0 Å². The first-order valence-electron chi connectivity index (χ1n) is 4.82. The van der Waals surface area contributed by atoms with Crippen LogP contribution < -0.4 is 10.5 Å². The zero-order chi connectivity index (χ0) is 10.2. The molecule has 0 heterocycles. The molecule has 1 aromatic carbocycles. The highest BCUT2D eigenvalue weighted by atomic mass is 16.1. The molecule has 14 heavy (non-hydrogen) atoms. The summed E-state index contributed by atoms with van der Waals surface area (Å²) in [4.78, 5) is 11.5. The number of carbonyl (C=O) groups excluding carboxylic acids is 1. The summed E-state index contributed by atoms with van der Waals surface area (Å²) in [7, 11) is 1.90. The summed E-state index contributed by atoms with van der Waals surface area (Å²) in [6.07, 6.45) is 0.953. The molecule has 1 rings (SSSR count). The van der Waals surface area contributed by atoms with Crippen LogP contribution in [0.2, 0.25) is 0 Å². The first-order chi connectivity index (χ1) is 6.84. The molecular formula is C10H15BN2O. The summed E-state index contributed by atoms with van der Waals surface area (Å²) in [6, 6.07) is 9.25. The van der Waals surface area contributed by atoms with Gasteiger partial charge in [0.05, 0.1) is 0 Å². The number of hydrogen-bond donors (Lipinski definition) is 2. The van der Waals surface area contributed by atoms with Crippen LogP contribution in [0.3, 0.4) is 0 Å². The molecule has 1 amide bonds. The second-order valence-electron chi connectivity index (χ2n) is 3.08. The molecule has 74 valence electrons. The number of nitrogens with one attached hydrogen (secondary N) is 2.